The van der Waals surface area contributed by atoms with E-state index in [-0.39, 0.29) is 11.4 Å². The highest BCUT2D eigenvalue weighted by molar-refractivity contribution is 6.03. The number of amides is 1. The van der Waals surface area contributed by atoms with E-state index in [0.717, 1.165) is 12.1 Å². The van der Waals surface area contributed by atoms with E-state index in [1.165, 1.54) is 24.5 Å². The molecule has 0 aliphatic rings. The number of hydrogen-bond donors (Lipinski definition) is 2. The largest absolute Gasteiger partial charge is 0.416 e. The van der Waals surface area contributed by atoms with Gasteiger partial charge in [0.2, 0.25) is 0 Å². The van der Waals surface area contributed by atoms with Gasteiger partial charge >= 0.3 is 6.18 Å². The van der Waals surface area contributed by atoms with Crippen LogP contribution in [0.2, 0.25) is 0 Å². The quantitative estimate of drug-likeness (QED) is 0.829. The number of halogens is 3. The number of carbonyl (C=O) groups excluding carboxylic acids is 1. The van der Waals surface area contributed by atoms with Gasteiger partial charge in [-0.3, -0.25) is 4.79 Å². The van der Waals surface area contributed by atoms with E-state index in [2.05, 4.69) is 27.2 Å². The molecule has 5 nitrogen and oxygen atoms in total. The summed E-state index contributed by atoms with van der Waals surface area (Å²) in [7, 11) is 0. The van der Waals surface area contributed by atoms with Crippen LogP contribution in [0.15, 0.2) is 49.3 Å². The van der Waals surface area contributed by atoms with Crippen molar-refractivity contribution in [3.8, 4) is 0 Å². The van der Waals surface area contributed by atoms with Crippen molar-refractivity contribution in [2.75, 3.05) is 17.2 Å². The number of benzene rings is 1. The lowest BCUT2D eigenvalue weighted by Crippen LogP contribution is -2.15. The van der Waals surface area contributed by atoms with Crippen molar-refractivity contribution < 1.29 is 18.0 Å². The highest BCUT2D eigenvalue weighted by Gasteiger charge is 2.30. The first-order valence-electron chi connectivity index (χ1n) is 6.55. The van der Waals surface area contributed by atoms with Crippen LogP contribution in [-0.4, -0.2) is 22.4 Å². The average Bonchev–Trinajstić information content (AvgIpc) is 2.52. The first-order chi connectivity index (χ1) is 10.9. The number of carbonyl (C=O) groups is 1. The number of aromatic nitrogens is 2. The van der Waals surface area contributed by atoms with Crippen molar-refractivity contribution in [1.29, 1.82) is 0 Å². The summed E-state index contributed by atoms with van der Waals surface area (Å²) in [6.07, 6.45) is -1.67. The molecule has 1 heterocycles. The Bertz CT molecular complexity index is 716. The second-order valence-electron chi connectivity index (χ2n) is 4.49. The fourth-order valence-electron chi connectivity index (χ4n) is 1.72. The zero-order chi connectivity index (χ0) is 16.9. The standard InChI is InChI=1S/C15H13F3N4O/c1-2-6-19-13-8-12(20-9-21-13)14(23)22-11-5-3-4-10(7-11)15(16,17)18/h2-5,7-9H,1,6H2,(H,22,23)(H,19,20,21). The summed E-state index contributed by atoms with van der Waals surface area (Å²) >= 11 is 0. The fraction of sp³-hybridized carbons (Fsp3) is 0.133. The van der Waals surface area contributed by atoms with Crippen molar-refractivity contribution in [3.63, 3.8) is 0 Å². The molecule has 0 bridgehead atoms. The van der Waals surface area contributed by atoms with E-state index in [1.54, 1.807) is 6.08 Å². The Morgan fingerprint density at radius 3 is 2.74 bits per heavy atom. The molecule has 0 fully saturated rings. The molecular weight excluding hydrogens is 309 g/mol. The maximum atomic E-state index is 12.6. The van der Waals surface area contributed by atoms with Crippen LogP contribution in [0.4, 0.5) is 24.7 Å². The van der Waals surface area contributed by atoms with Gasteiger partial charge in [-0.15, -0.1) is 6.58 Å². The van der Waals surface area contributed by atoms with Crippen molar-refractivity contribution in [2.45, 2.75) is 6.18 Å². The number of anilines is 2. The fourth-order valence-corrected chi connectivity index (χ4v) is 1.72. The van der Waals surface area contributed by atoms with Gasteiger partial charge in [-0.05, 0) is 18.2 Å². The third kappa shape index (κ3) is 4.53. The number of alkyl halides is 3. The van der Waals surface area contributed by atoms with Crippen molar-refractivity contribution in [3.05, 3.63) is 60.6 Å². The third-order valence-corrected chi connectivity index (χ3v) is 2.78. The van der Waals surface area contributed by atoms with Crippen LogP contribution in [0.25, 0.3) is 0 Å². The Morgan fingerprint density at radius 2 is 2.04 bits per heavy atom. The second kappa shape index (κ2) is 6.91. The first-order valence-corrected chi connectivity index (χ1v) is 6.55. The summed E-state index contributed by atoms with van der Waals surface area (Å²) in [6, 6.07) is 5.76. The topological polar surface area (TPSA) is 66.9 Å². The lowest BCUT2D eigenvalue weighted by atomic mass is 10.2. The van der Waals surface area contributed by atoms with Crippen molar-refractivity contribution in [1.82, 2.24) is 9.97 Å². The van der Waals surface area contributed by atoms with Crippen LogP contribution >= 0.6 is 0 Å². The Hall–Kier alpha value is -2.90. The summed E-state index contributed by atoms with van der Waals surface area (Å²) in [5.74, 6) is -0.220. The smallest absolute Gasteiger partial charge is 0.366 e. The van der Waals surface area contributed by atoms with Crippen LogP contribution in [0.5, 0.6) is 0 Å². The van der Waals surface area contributed by atoms with Gasteiger partial charge in [0.15, 0.2) is 0 Å². The van der Waals surface area contributed by atoms with E-state index >= 15 is 0 Å². The SMILES string of the molecule is C=CCNc1cc(C(=O)Nc2cccc(C(F)(F)F)c2)ncn1. The molecular formula is C15H13F3N4O. The molecule has 0 aliphatic heterocycles. The Morgan fingerprint density at radius 1 is 1.26 bits per heavy atom. The van der Waals surface area contributed by atoms with E-state index in [1.807, 2.05) is 0 Å². The second-order valence-corrected chi connectivity index (χ2v) is 4.49. The number of rotatable bonds is 5. The van der Waals surface area contributed by atoms with Gasteiger partial charge in [-0.25, -0.2) is 9.97 Å². The van der Waals surface area contributed by atoms with Crippen molar-refractivity contribution in [2.24, 2.45) is 0 Å². The van der Waals surface area contributed by atoms with Gasteiger partial charge in [0.1, 0.15) is 17.8 Å². The van der Waals surface area contributed by atoms with Gasteiger partial charge in [0.05, 0.1) is 5.56 Å². The highest BCUT2D eigenvalue weighted by Crippen LogP contribution is 2.30. The molecule has 2 N–H and O–H groups in total. The molecule has 2 rings (SSSR count). The van der Waals surface area contributed by atoms with Crippen molar-refractivity contribution >= 4 is 17.4 Å². The summed E-state index contributed by atoms with van der Waals surface area (Å²) in [4.78, 5) is 19.8. The lowest BCUT2D eigenvalue weighted by molar-refractivity contribution is -0.137. The lowest BCUT2D eigenvalue weighted by Gasteiger charge is -2.10. The number of nitrogens with zero attached hydrogens (tertiary/aromatic N) is 2. The maximum Gasteiger partial charge on any atom is 0.416 e. The van der Waals surface area contributed by atoms with E-state index in [0.29, 0.717) is 12.4 Å². The summed E-state index contributed by atoms with van der Waals surface area (Å²) < 4.78 is 37.9. The zero-order valence-electron chi connectivity index (χ0n) is 11.9. The Labute approximate surface area is 130 Å². The average molecular weight is 322 g/mol. The van der Waals surface area contributed by atoms with Gasteiger partial charge in [0.25, 0.3) is 5.91 Å². The molecule has 0 unspecified atom stereocenters. The molecule has 0 saturated carbocycles. The summed E-state index contributed by atoms with van der Waals surface area (Å²) in [5, 5.41) is 5.26. The van der Waals surface area contributed by atoms with Crippen LogP contribution in [0, 0.1) is 0 Å². The number of nitrogens with one attached hydrogen (secondary N) is 2. The molecule has 23 heavy (non-hydrogen) atoms. The van der Waals surface area contributed by atoms with Crippen LogP contribution < -0.4 is 10.6 Å². The predicted molar refractivity (Wildman–Crippen MR) is 80.1 cm³/mol. The third-order valence-electron chi connectivity index (χ3n) is 2.78. The Kier molecular flexibility index (Phi) is 4.95. The van der Waals surface area contributed by atoms with Crippen LogP contribution in [0.3, 0.4) is 0 Å². The molecule has 0 spiro atoms. The highest BCUT2D eigenvalue weighted by atomic mass is 19.4. The molecule has 120 valence electrons. The first kappa shape index (κ1) is 16.5. The van der Waals surface area contributed by atoms with Gasteiger partial charge in [0, 0.05) is 18.3 Å². The minimum absolute atomic E-state index is 0.0315. The summed E-state index contributed by atoms with van der Waals surface area (Å²) in [6.45, 7) is 3.99. The molecule has 1 amide bonds. The number of hydrogen-bond acceptors (Lipinski definition) is 4. The minimum Gasteiger partial charge on any atom is -0.366 e. The Balaban J connectivity index is 2.14. The maximum absolute atomic E-state index is 12.6. The van der Waals surface area contributed by atoms with Gasteiger partial charge in [-0.2, -0.15) is 13.2 Å². The zero-order valence-corrected chi connectivity index (χ0v) is 11.9. The minimum atomic E-state index is -4.47. The van der Waals surface area contributed by atoms with Gasteiger partial charge < -0.3 is 10.6 Å². The van der Waals surface area contributed by atoms with E-state index in [4.69, 9.17) is 0 Å². The molecule has 2 aromatic rings. The molecule has 0 atom stereocenters. The molecule has 1 aromatic carbocycles. The molecule has 8 heteroatoms. The monoisotopic (exact) mass is 322 g/mol. The molecule has 0 saturated heterocycles. The summed E-state index contributed by atoms with van der Waals surface area (Å²) in [5.41, 5.74) is -0.778. The predicted octanol–water partition coefficient (Wildman–Crippen LogP) is 3.35. The van der Waals surface area contributed by atoms with Crippen LogP contribution in [-0.2, 0) is 6.18 Å². The van der Waals surface area contributed by atoms with Gasteiger partial charge in [-0.1, -0.05) is 12.1 Å². The van der Waals surface area contributed by atoms with E-state index in [9.17, 15) is 18.0 Å². The van der Waals surface area contributed by atoms with Crippen LogP contribution in [0.1, 0.15) is 16.1 Å². The molecule has 0 radical (unpaired) electrons. The van der Waals surface area contributed by atoms with E-state index < -0.39 is 17.6 Å². The molecule has 1 aromatic heterocycles. The molecule has 0 aliphatic carbocycles. The normalized spacial score (nSPS) is 10.9.